The molecule has 3 N–H and O–H groups in total. The molecule has 106 valence electrons. The van der Waals surface area contributed by atoms with Gasteiger partial charge in [0.15, 0.2) is 5.82 Å². The lowest BCUT2D eigenvalue weighted by atomic mass is 9.78. The molecule has 0 aliphatic heterocycles. The Morgan fingerprint density at radius 1 is 1.58 bits per heavy atom. The Labute approximate surface area is 117 Å². The predicted molar refractivity (Wildman–Crippen MR) is 75.6 cm³/mol. The van der Waals surface area contributed by atoms with Gasteiger partial charge >= 0.3 is 0 Å². The van der Waals surface area contributed by atoms with Gasteiger partial charge in [0.05, 0.1) is 11.9 Å². The van der Waals surface area contributed by atoms with Gasteiger partial charge in [-0.05, 0) is 31.6 Å². The Bertz CT molecular complexity index is 481. The lowest BCUT2D eigenvalue weighted by Gasteiger charge is -2.36. The number of halogens is 1. The molecule has 0 bridgehead atoms. The highest BCUT2D eigenvalue weighted by atomic mass is 35.5. The second kappa shape index (κ2) is 5.92. The van der Waals surface area contributed by atoms with Crippen LogP contribution in [0.3, 0.4) is 0 Å². The Morgan fingerprint density at radius 2 is 2.26 bits per heavy atom. The smallest absolute Gasteiger partial charge is 0.271 e. The summed E-state index contributed by atoms with van der Waals surface area (Å²) in [4.78, 5) is 17.7. The molecule has 1 heterocycles. The number of anilines is 1. The second-order valence-electron chi connectivity index (χ2n) is 5.32. The van der Waals surface area contributed by atoms with Crippen molar-refractivity contribution >= 4 is 17.4 Å². The molecule has 1 fully saturated rings. The maximum Gasteiger partial charge on any atom is 0.271 e. The monoisotopic (exact) mass is 285 g/mol. The topological polar surface area (TPSA) is 78.0 Å². The Morgan fingerprint density at radius 3 is 2.89 bits per heavy atom. The van der Waals surface area contributed by atoms with Gasteiger partial charge in [0.1, 0.15) is 5.02 Å². The van der Waals surface area contributed by atoms with E-state index in [2.05, 4.69) is 22.2 Å². The van der Waals surface area contributed by atoms with Gasteiger partial charge in [0.2, 0.25) is 0 Å². The highest BCUT2D eigenvalue weighted by molar-refractivity contribution is 6.32. The van der Waals surface area contributed by atoms with Crippen LogP contribution >= 0.6 is 11.6 Å². The minimum atomic E-state index is -0.723. The molecule has 1 aliphatic rings. The van der Waals surface area contributed by atoms with E-state index < -0.39 is 5.60 Å². The number of nitrogens with zero attached hydrogens (tertiary/aromatic N) is 1. The second-order valence-corrected chi connectivity index (χ2v) is 5.70. The van der Waals surface area contributed by atoms with Crippen LogP contribution in [0.1, 0.15) is 39.0 Å². The van der Waals surface area contributed by atoms with Crippen LogP contribution in [-0.4, -0.2) is 27.2 Å². The molecule has 6 heteroatoms. The Kier molecular flexibility index (Phi) is 4.47. The van der Waals surface area contributed by atoms with Crippen LogP contribution in [0.2, 0.25) is 5.02 Å². The van der Waals surface area contributed by atoms with Crippen LogP contribution in [0.25, 0.3) is 0 Å². The minimum absolute atomic E-state index is 0.0355. The molecular weight excluding hydrogens is 266 g/mol. The third-order valence-corrected chi connectivity index (χ3v) is 4.35. The summed E-state index contributed by atoms with van der Waals surface area (Å²) in [6.45, 7) is 2.56. The lowest BCUT2D eigenvalue weighted by Crippen LogP contribution is -2.40. The standard InChI is InChI=1S/C13H20ClN3O2/c1-2-9-3-5-13(19,6-4-9)7-15-11-10(14)12(18)17-8-16-11/h8-9,19H,2-7H2,1H3,(H2,15,16,17,18). The Hall–Kier alpha value is -1.07. The van der Waals surface area contributed by atoms with Crippen molar-refractivity contribution in [3.05, 3.63) is 21.7 Å². The number of rotatable bonds is 4. The summed E-state index contributed by atoms with van der Waals surface area (Å²) >= 11 is 5.85. The van der Waals surface area contributed by atoms with Gasteiger partial charge in [-0.25, -0.2) is 4.98 Å². The van der Waals surface area contributed by atoms with Gasteiger partial charge in [0.25, 0.3) is 5.56 Å². The van der Waals surface area contributed by atoms with E-state index in [0.717, 1.165) is 31.6 Å². The molecular formula is C13H20ClN3O2. The summed E-state index contributed by atoms with van der Waals surface area (Å²) in [5.74, 6) is 1.05. The van der Waals surface area contributed by atoms with E-state index >= 15 is 0 Å². The van der Waals surface area contributed by atoms with Crippen molar-refractivity contribution in [1.29, 1.82) is 0 Å². The van der Waals surface area contributed by atoms with Crippen LogP contribution in [0.15, 0.2) is 11.1 Å². The third kappa shape index (κ3) is 3.48. The van der Waals surface area contributed by atoms with Crippen LogP contribution in [0.4, 0.5) is 5.82 Å². The van der Waals surface area contributed by atoms with E-state index in [9.17, 15) is 9.90 Å². The number of hydrogen-bond donors (Lipinski definition) is 3. The maximum absolute atomic E-state index is 11.3. The van der Waals surface area contributed by atoms with Crippen molar-refractivity contribution in [2.75, 3.05) is 11.9 Å². The highest BCUT2D eigenvalue weighted by Gasteiger charge is 2.32. The molecule has 0 amide bonds. The zero-order valence-electron chi connectivity index (χ0n) is 11.1. The predicted octanol–water partition coefficient (Wildman–Crippen LogP) is 2.17. The summed E-state index contributed by atoms with van der Waals surface area (Å²) < 4.78 is 0. The van der Waals surface area contributed by atoms with Crippen molar-refractivity contribution in [2.45, 2.75) is 44.6 Å². The van der Waals surface area contributed by atoms with Crippen LogP contribution < -0.4 is 10.9 Å². The molecule has 0 spiro atoms. The molecule has 0 unspecified atom stereocenters. The Balaban J connectivity index is 1.95. The van der Waals surface area contributed by atoms with Crippen molar-refractivity contribution < 1.29 is 5.11 Å². The number of aliphatic hydroxyl groups is 1. The number of nitrogens with one attached hydrogen (secondary N) is 2. The quantitative estimate of drug-likeness (QED) is 0.792. The van der Waals surface area contributed by atoms with E-state index in [1.54, 1.807) is 0 Å². The van der Waals surface area contributed by atoms with Crippen molar-refractivity contribution in [3.63, 3.8) is 0 Å². The zero-order valence-corrected chi connectivity index (χ0v) is 11.8. The summed E-state index contributed by atoms with van der Waals surface area (Å²) in [5, 5.41) is 13.5. The maximum atomic E-state index is 11.3. The van der Waals surface area contributed by atoms with E-state index in [0.29, 0.717) is 12.4 Å². The lowest BCUT2D eigenvalue weighted by molar-refractivity contribution is 0.00223. The molecule has 1 aromatic heterocycles. The van der Waals surface area contributed by atoms with Crippen LogP contribution in [-0.2, 0) is 0 Å². The largest absolute Gasteiger partial charge is 0.388 e. The minimum Gasteiger partial charge on any atom is -0.388 e. The summed E-state index contributed by atoms with van der Waals surface area (Å²) in [5.41, 5.74) is -1.10. The first kappa shape index (κ1) is 14.3. The third-order valence-electron chi connectivity index (χ3n) is 3.99. The molecule has 2 rings (SSSR count). The molecule has 0 aromatic carbocycles. The van der Waals surface area contributed by atoms with Crippen LogP contribution in [0, 0.1) is 5.92 Å². The van der Waals surface area contributed by atoms with Crippen molar-refractivity contribution in [3.8, 4) is 0 Å². The van der Waals surface area contributed by atoms with Gasteiger partial charge in [-0.2, -0.15) is 0 Å². The molecule has 1 saturated carbocycles. The fourth-order valence-electron chi connectivity index (χ4n) is 2.55. The van der Waals surface area contributed by atoms with E-state index in [-0.39, 0.29) is 10.6 Å². The molecule has 0 atom stereocenters. The average molecular weight is 286 g/mol. The number of hydrogen-bond acceptors (Lipinski definition) is 4. The molecule has 0 radical (unpaired) electrons. The number of aromatic amines is 1. The zero-order chi connectivity index (χ0) is 13.9. The first-order valence-corrected chi connectivity index (χ1v) is 7.11. The molecule has 1 aromatic rings. The average Bonchev–Trinajstić information content (AvgIpc) is 2.41. The van der Waals surface area contributed by atoms with Crippen molar-refractivity contribution in [1.82, 2.24) is 9.97 Å². The van der Waals surface area contributed by atoms with E-state index in [1.165, 1.54) is 12.7 Å². The number of aromatic nitrogens is 2. The normalized spacial score (nSPS) is 27.2. The number of H-pyrrole nitrogens is 1. The van der Waals surface area contributed by atoms with Gasteiger partial charge in [-0.1, -0.05) is 24.9 Å². The van der Waals surface area contributed by atoms with Crippen molar-refractivity contribution in [2.24, 2.45) is 5.92 Å². The van der Waals surface area contributed by atoms with Gasteiger partial charge in [-0.3, -0.25) is 4.79 Å². The van der Waals surface area contributed by atoms with E-state index in [4.69, 9.17) is 11.6 Å². The first-order valence-electron chi connectivity index (χ1n) is 6.73. The molecule has 0 saturated heterocycles. The van der Waals surface area contributed by atoms with Gasteiger partial charge in [0, 0.05) is 6.54 Å². The first-order chi connectivity index (χ1) is 9.04. The summed E-state index contributed by atoms with van der Waals surface area (Å²) in [6.07, 6.45) is 6.12. The van der Waals surface area contributed by atoms with Gasteiger partial charge < -0.3 is 15.4 Å². The van der Waals surface area contributed by atoms with Crippen LogP contribution in [0.5, 0.6) is 0 Å². The summed E-state index contributed by atoms with van der Waals surface area (Å²) in [6, 6.07) is 0. The van der Waals surface area contributed by atoms with E-state index in [1.807, 2.05) is 0 Å². The molecule has 1 aliphatic carbocycles. The fourth-order valence-corrected chi connectivity index (χ4v) is 2.72. The summed E-state index contributed by atoms with van der Waals surface area (Å²) in [7, 11) is 0. The SMILES string of the molecule is CCC1CCC(O)(CNc2nc[nH]c(=O)c2Cl)CC1. The molecule has 5 nitrogen and oxygen atoms in total. The highest BCUT2D eigenvalue weighted by Crippen LogP contribution is 2.33. The van der Waals surface area contributed by atoms with Gasteiger partial charge in [-0.15, -0.1) is 0 Å². The fraction of sp³-hybridized carbons (Fsp3) is 0.692. The molecule has 19 heavy (non-hydrogen) atoms.